The lowest BCUT2D eigenvalue weighted by atomic mass is 10.0. The Labute approximate surface area is 191 Å². The highest BCUT2D eigenvalue weighted by molar-refractivity contribution is 7.90. The molecule has 168 valence electrons. The van der Waals surface area contributed by atoms with Crippen molar-refractivity contribution in [2.45, 2.75) is 25.3 Å². The zero-order valence-electron chi connectivity index (χ0n) is 18.1. The number of nitrogens with zero attached hydrogens (tertiary/aromatic N) is 2. The van der Waals surface area contributed by atoms with Gasteiger partial charge in [-0.2, -0.15) is 5.10 Å². The Balaban J connectivity index is 1.77. The summed E-state index contributed by atoms with van der Waals surface area (Å²) in [6.07, 6.45) is 0. The Kier molecular flexibility index (Phi) is 6.11. The second-order valence-corrected chi connectivity index (χ2v) is 9.35. The first-order valence-corrected chi connectivity index (χ1v) is 11.7. The van der Waals surface area contributed by atoms with E-state index in [9.17, 15) is 17.6 Å². The fourth-order valence-electron chi connectivity index (χ4n) is 3.60. The first-order chi connectivity index (χ1) is 15.8. The van der Waals surface area contributed by atoms with E-state index in [0.29, 0.717) is 0 Å². The summed E-state index contributed by atoms with van der Waals surface area (Å²) >= 11 is 0. The molecule has 4 rings (SSSR count). The number of hydrogen-bond donors (Lipinski definition) is 1. The lowest BCUT2D eigenvalue weighted by molar-refractivity contribution is 0.0971. The number of benzene rings is 3. The van der Waals surface area contributed by atoms with Gasteiger partial charge in [0.2, 0.25) is 0 Å². The van der Waals surface area contributed by atoms with E-state index in [1.54, 1.807) is 36.4 Å². The van der Waals surface area contributed by atoms with Gasteiger partial charge in [0, 0.05) is 5.56 Å². The first-order valence-electron chi connectivity index (χ1n) is 10.3. The topological polar surface area (TPSA) is 81.1 Å². The Hall–Kier alpha value is -3.78. The number of carbonyl (C=O) groups excluding carboxylic acids is 1. The van der Waals surface area contributed by atoms with E-state index in [1.165, 1.54) is 28.9 Å². The number of aryl methyl sites for hydroxylation is 2. The van der Waals surface area contributed by atoms with Crippen molar-refractivity contribution in [2.24, 2.45) is 0 Å². The van der Waals surface area contributed by atoms with Gasteiger partial charge in [-0.25, -0.2) is 17.5 Å². The number of rotatable bonds is 6. The van der Waals surface area contributed by atoms with Crippen molar-refractivity contribution in [3.63, 3.8) is 0 Å². The summed E-state index contributed by atoms with van der Waals surface area (Å²) in [5, 5.41) is 4.46. The second kappa shape index (κ2) is 8.99. The molecule has 0 radical (unpaired) electrons. The van der Waals surface area contributed by atoms with Gasteiger partial charge in [-0.15, -0.1) is 0 Å². The van der Waals surface area contributed by atoms with E-state index in [1.807, 2.05) is 32.0 Å². The third-order valence-electron chi connectivity index (χ3n) is 5.40. The van der Waals surface area contributed by atoms with E-state index in [4.69, 9.17) is 0 Å². The van der Waals surface area contributed by atoms with Crippen LogP contribution in [0.5, 0.6) is 0 Å². The fourth-order valence-corrected chi connectivity index (χ4v) is 4.58. The molecule has 0 bridgehead atoms. The highest BCUT2D eigenvalue weighted by atomic mass is 32.2. The van der Waals surface area contributed by atoms with Crippen LogP contribution in [0.4, 0.5) is 4.39 Å². The van der Waals surface area contributed by atoms with Gasteiger partial charge in [-0.1, -0.05) is 48.5 Å². The maximum atomic E-state index is 14.4. The second-order valence-electron chi connectivity index (χ2n) is 7.67. The number of sulfonamides is 1. The summed E-state index contributed by atoms with van der Waals surface area (Å²) in [7, 11) is -4.09. The minimum atomic E-state index is -4.09. The normalized spacial score (nSPS) is 11.4. The monoisotopic (exact) mass is 463 g/mol. The standard InChI is InChI=1S/C25H22FN3O3S/c1-17-9-8-10-18(2)21(17)16-29-24(15-23(27-29)20-13-6-7-14-22(20)26)25(30)28-33(31,32)19-11-4-3-5-12-19/h3-15H,16H2,1-2H3,(H,28,30). The van der Waals surface area contributed by atoms with Crippen LogP contribution in [0, 0.1) is 19.7 Å². The smallest absolute Gasteiger partial charge is 0.266 e. The Morgan fingerprint density at radius 3 is 2.24 bits per heavy atom. The molecule has 1 aromatic heterocycles. The average molecular weight is 464 g/mol. The maximum Gasteiger partial charge on any atom is 0.283 e. The van der Waals surface area contributed by atoms with Gasteiger partial charge >= 0.3 is 0 Å². The van der Waals surface area contributed by atoms with Crippen LogP contribution in [-0.4, -0.2) is 24.1 Å². The summed E-state index contributed by atoms with van der Waals surface area (Å²) < 4.78 is 43.3. The molecule has 0 saturated carbocycles. The van der Waals surface area contributed by atoms with E-state index in [-0.39, 0.29) is 28.4 Å². The van der Waals surface area contributed by atoms with Gasteiger partial charge in [-0.05, 0) is 60.9 Å². The number of amides is 1. The highest BCUT2D eigenvalue weighted by Gasteiger charge is 2.24. The minimum Gasteiger partial charge on any atom is -0.266 e. The molecule has 0 fully saturated rings. The molecule has 3 aromatic carbocycles. The quantitative estimate of drug-likeness (QED) is 0.457. The van der Waals surface area contributed by atoms with Gasteiger partial charge in [0.15, 0.2) is 0 Å². The molecule has 0 unspecified atom stereocenters. The molecule has 33 heavy (non-hydrogen) atoms. The predicted octanol–water partition coefficient (Wildman–Crippen LogP) is 4.47. The van der Waals surface area contributed by atoms with Crippen molar-refractivity contribution < 1.29 is 17.6 Å². The van der Waals surface area contributed by atoms with Crippen LogP contribution in [0.2, 0.25) is 0 Å². The first kappa shape index (κ1) is 22.4. The molecule has 0 aliphatic heterocycles. The molecule has 0 spiro atoms. The van der Waals surface area contributed by atoms with Crippen molar-refractivity contribution in [3.05, 3.63) is 107 Å². The third-order valence-corrected chi connectivity index (χ3v) is 6.74. The van der Waals surface area contributed by atoms with Gasteiger partial charge in [0.05, 0.1) is 17.1 Å². The van der Waals surface area contributed by atoms with E-state index >= 15 is 0 Å². The van der Waals surface area contributed by atoms with Gasteiger partial charge in [0.1, 0.15) is 11.5 Å². The summed E-state index contributed by atoms with van der Waals surface area (Å²) in [4.78, 5) is 13.1. The number of aromatic nitrogens is 2. The van der Waals surface area contributed by atoms with Crippen molar-refractivity contribution in [1.82, 2.24) is 14.5 Å². The van der Waals surface area contributed by atoms with Crippen LogP contribution in [0.15, 0.2) is 83.8 Å². The number of halogens is 1. The Bertz CT molecular complexity index is 1410. The molecule has 6 nitrogen and oxygen atoms in total. The van der Waals surface area contributed by atoms with Crippen molar-refractivity contribution >= 4 is 15.9 Å². The molecule has 1 N–H and O–H groups in total. The molecular formula is C25H22FN3O3S. The molecule has 1 heterocycles. The Morgan fingerprint density at radius 2 is 1.58 bits per heavy atom. The summed E-state index contributed by atoms with van der Waals surface area (Å²) in [6.45, 7) is 4.12. The molecule has 1 amide bonds. The number of hydrogen-bond acceptors (Lipinski definition) is 4. The molecule has 0 aliphatic carbocycles. The molecular weight excluding hydrogens is 441 g/mol. The summed E-state index contributed by atoms with van der Waals surface area (Å²) in [6, 6.07) is 20.9. The van der Waals surface area contributed by atoms with Crippen LogP contribution in [0.25, 0.3) is 11.3 Å². The predicted molar refractivity (Wildman–Crippen MR) is 124 cm³/mol. The highest BCUT2D eigenvalue weighted by Crippen LogP contribution is 2.24. The third kappa shape index (κ3) is 4.70. The largest absolute Gasteiger partial charge is 0.283 e. The summed E-state index contributed by atoms with van der Waals surface area (Å²) in [5.74, 6) is -1.33. The zero-order valence-corrected chi connectivity index (χ0v) is 18.9. The van der Waals surface area contributed by atoms with Crippen LogP contribution < -0.4 is 4.72 Å². The SMILES string of the molecule is Cc1cccc(C)c1Cn1nc(-c2ccccc2F)cc1C(=O)NS(=O)(=O)c1ccccc1. The Morgan fingerprint density at radius 1 is 0.939 bits per heavy atom. The van der Waals surface area contributed by atoms with Crippen molar-refractivity contribution in [3.8, 4) is 11.3 Å². The van der Waals surface area contributed by atoms with Crippen LogP contribution in [0.1, 0.15) is 27.2 Å². The average Bonchev–Trinajstić information content (AvgIpc) is 3.21. The van der Waals surface area contributed by atoms with Gasteiger partial charge in [-0.3, -0.25) is 9.48 Å². The number of carbonyl (C=O) groups is 1. The lowest BCUT2D eigenvalue weighted by Gasteiger charge is -2.13. The molecule has 4 aromatic rings. The van der Waals surface area contributed by atoms with Crippen LogP contribution >= 0.6 is 0 Å². The molecule has 0 saturated heterocycles. The number of nitrogens with one attached hydrogen (secondary N) is 1. The summed E-state index contributed by atoms with van der Waals surface area (Å²) in [5.41, 5.74) is 3.41. The minimum absolute atomic E-state index is 0.00964. The van der Waals surface area contributed by atoms with Crippen molar-refractivity contribution in [1.29, 1.82) is 0 Å². The zero-order chi connectivity index (χ0) is 23.6. The van der Waals surface area contributed by atoms with E-state index < -0.39 is 21.7 Å². The van der Waals surface area contributed by atoms with E-state index in [2.05, 4.69) is 9.82 Å². The fraction of sp³-hybridized carbons (Fsp3) is 0.120. The molecule has 0 aliphatic rings. The lowest BCUT2D eigenvalue weighted by Crippen LogP contribution is -2.32. The maximum absolute atomic E-state index is 14.4. The van der Waals surface area contributed by atoms with Crippen LogP contribution in [-0.2, 0) is 16.6 Å². The van der Waals surface area contributed by atoms with Gasteiger partial charge < -0.3 is 0 Å². The molecule has 0 atom stereocenters. The van der Waals surface area contributed by atoms with Crippen LogP contribution in [0.3, 0.4) is 0 Å². The van der Waals surface area contributed by atoms with E-state index in [0.717, 1.165) is 16.7 Å². The van der Waals surface area contributed by atoms with Crippen molar-refractivity contribution in [2.75, 3.05) is 0 Å². The molecule has 8 heteroatoms. The van der Waals surface area contributed by atoms with Gasteiger partial charge in [0.25, 0.3) is 15.9 Å².